The van der Waals surface area contributed by atoms with E-state index in [2.05, 4.69) is 27.7 Å². The maximum absolute atomic E-state index is 12.2. The summed E-state index contributed by atoms with van der Waals surface area (Å²) in [6, 6.07) is 12.4. The average Bonchev–Trinajstić information content (AvgIpc) is 3.18. The molecule has 5 heteroatoms. The first kappa shape index (κ1) is 16.5. The zero-order valence-corrected chi connectivity index (χ0v) is 14.6. The van der Waals surface area contributed by atoms with Crippen LogP contribution in [0.3, 0.4) is 0 Å². The van der Waals surface area contributed by atoms with Gasteiger partial charge >= 0.3 is 0 Å². The number of amides is 1. The number of nitrogens with one attached hydrogen (secondary N) is 1. The fourth-order valence-corrected chi connectivity index (χ4v) is 4.21. The maximum atomic E-state index is 12.2. The van der Waals surface area contributed by atoms with Gasteiger partial charge in [-0.15, -0.1) is 11.3 Å². The molecule has 122 valence electrons. The fraction of sp³-hybridized carbons (Fsp3) is 0.389. The Morgan fingerprint density at radius 1 is 1.35 bits per heavy atom. The molecule has 2 heterocycles. The molecule has 1 aliphatic heterocycles. The van der Waals surface area contributed by atoms with Crippen LogP contribution in [0.5, 0.6) is 0 Å². The van der Waals surface area contributed by atoms with Crippen LogP contribution in [-0.4, -0.2) is 30.4 Å². The van der Waals surface area contributed by atoms with Gasteiger partial charge in [0.1, 0.15) is 0 Å². The Hall–Kier alpha value is -1.36. The van der Waals surface area contributed by atoms with Crippen LogP contribution < -0.4 is 5.32 Å². The van der Waals surface area contributed by atoms with Gasteiger partial charge < -0.3 is 5.32 Å². The normalized spacial score (nSPS) is 18.2. The topological polar surface area (TPSA) is 32.3 Å². The van der Waals surface area contributed by atoms with Crippen LogP contribution in [0.4, 0.5) is 0 Å². The molecule has 1 aromatic carbocycles. The highest BCUT2D eigenvalue weighted by molar-refractivity contribution is 7.10. The number of hydrogen-bond acceptors (Lipinski definition) is 3. The molecule has 3 rings (SSSR count). The van der Waals surface area contributed by atoms with E-state index in [1.807, 2.05) is 24.3 Å². The summed E-state index contributed by atoms with van der Waals surface area (Å²) >= 11 is 7.75. The number of benzene rings is 1. The maximum Gasteiger partial charge on any atom is 0.234 e. The molecule has 0 spiro atoms. The summed E-state index contributed by atoms with van der Waals surface area (Å²) in [6.07, 6.45) is 3.12. The van der Waals surface area contributed by atoms with Crippen molar-refractivity contribution in [2.75, 3.05) is 19.6 Å². The lowest BCUT2D eigenvalue weighted by Crippen LogP contribution is -2.37. The monoisotopic (exact) mass is 348 g/mol. The van der Waals surface area contributed by atoms with Gasteiger partial charge in [-0.25, -0.2) is 0 Å². The predicted molar refractivity (Wildman–Crippen MR) is 96.0 cm³/mol. The van der Waals surface area contributed by atoms with Crippen LogP contribution >= 0.6 is 22.9 Å². The third-order valence-corrected chi connectivity index (χ3v) is 5.42. The SMILES string of the molecule is O=C(CN1CCC[C@H]1c1cccs1)NCCc1cccc(Cl)c1. The smallest absolute Gasteiger partial charge is 0.234 e. The van der Waals surface area contributed by atoms with E-state index in [-0.39, 0.29) is 5.91 Å². The number of nitrogens with zero attached hydrogens (tertiary/aromatic N) is 1. The molecular weight excluding hydrogens is 328 g/mol. The van der Waals surface area contributed by atoms with E-state index in [0.29, 0.717) is 19.1 Å². The summed E-state index contributed by atoms with van der Waals surface area (Å²) in [7, 11) is 0. The van der Waals surface area contributed by atoms with Crippen molar-refractivity contribution in [1.29, 1.82) is 0 Å². The summed E-state index contributed by atoms with van der Waals surface area (Å²) in [6.45, 7) is 2.14. The molecular formula is C18H21ClN2OS. The lowest BCUT2D eigenvalue weighted by Gasteiger charge is -2.22. The first-order chi connectivity index (χ1) is 11.2. The molecule has 1 amide bonds. The van der Waals surface area contributed by atoms with Crippen LogP contribution in [-0.2, 0) is 11.2 Å². The van der Waals surface area contributed by atoms with Crippen molar-refractivity contribution < 1.29 is 4.79 Å². The number of hydrogen-bond donors (Lipinski definition) is 1. The van der Waals surface area contributed by atoms with Gasteiger partial charge in [-0.2, -0.15) is 0 Å². The molecule has 0 bridgehead atoms. The van der Waals surface area contributed by atoms with Crippen molar-refractivity contribution in [1.82, 2.24) is 10.2 Å². The average molecular weight is 349 g/mol. The second-order valence-corrected chi connectivity index (χ2v) is 7.29. The van der Waals surface area contributed by atoms with Gasteiger partial charge in [0.25, 0.3) is 0 Å². The number of halogens is 1. The van der Waals surface area contributed by atoms with E-state index in [1.54, 1.807) is 11.3 Å². The first-order valence-corrected chi connectivity index (χ1v) is 9.27. The van der Waals surface area contributed by atoms with Crippen LogP contribution in [0.25, 0.3) is 0 Å². The zero-order valence-electron chi connectivity index (χ0n) is 13.0. The molecule has 1 fully saturated rings. The van der Waals surface area contributed by atoms with Crippen molar-refractivity contribution in [3.05, 3.63) is 57.2 Å². The second-order valence-electron chi connectivity index (χ2n) is 5.87. The van der Waals surface area contributed by atoms with E-state index in [9.17, 15) is 4.79 Å². The van der Waals surface area contributed by atoms with Gasteiger partial charge in [0, 0.05) is 22.5 Å². The second kappa shape index (κ2) is 7.95. The van der Waals surface area contributed by atoms with Gasteiger partial charge in [0.05, 0.1) is 6.54 Å². The van der Waals surface area contributed by atoms with Gasteiger partial charge in [-0.05, 0) is 54.9 Å². The van der Waals surface area contributed by atoms with E-state index < -0.39 is 0 Å². The Labute approximate surface area is 146 Å². The fourth-order valence-electron chi connectivity index (χ4n) is 3.10. The molecule has 0 unspecified atom stereocenters. The molecule has 2 aromatic rings. The summed E-state index contributed by atoms with van der Waals surface area (Å²) in [5.41, 5.74) is 1.15. The zero-order chi connectivity index (χ0) is 16.1. The number of thiophene rings is 1. The standard InChI is InChI=1S/C18H21ClN2OS/c19-15-5-1-4-14(12-15)8-9-20-18(22)13-21-10-2-6-16(21)17-7-3-11-23-17/h1,3-5,7,11-12,16H,2,6,8-10,13H2,(H,20,22)/t16-/m0/s1. The molecule has 1 saturated heterocycles. The van der Waals surface area contributed by atoms with Gasteiger partial charge in [-0.1, -0.05) is 29.8 Å². The molecule has 0 saturated carbocycles. The minimum Gasteiger partial charge on any atom is -0.355 e. The highest BCUT2D eigenvalue weighted by Crippen LogP contribution is 2.33. The quantitative estimate of drug-likeness (QED) is 0.858. The number of carbonyl (C=O) groups excluding carboxylic acids is 1. The van der Waals surface area contributed by atoms with E-state index in [4.69, 9.17) is 11.6 Å². The van der Waals surface area contributed by atoms with Gasteiger partial charge in [0.2, 0.25) is 5.91 Å². The Morgan fingerprint density at radius 2 is 2.26 bits per heavy atom. The molecule has 1 aliphatic rings. The summed E-state index contributed by atoms with van der Waals surface area (Å²) in [5.74, 6) is 0.107. The summed E-state index contributed by atoms with van der Waals surface area (Å²) in [5, 5.41) is 5.87. The van der Waals surface area contributed by atoms with Crippen LogP contribution in [0.15, 0.2) is 41.8 Å². The van der Waals surface area contributed by atoms with Crippen molar-refractivity contribution >= 4 is 28.8 Å². The van der Waals surface area contributed by atoms with Crippen LogP contribution in [0.1, 0.15) is 29.3 Å². The molecule has 1 N–H and O–H groups in total. The highest BCUT2D eigenvalue weighted by Gasteiger charge is 2.27. The van der Waals surface area contributed by atoms with Crippen molar-refractivity contribution in [2.24, 2.45) is 0 Å². The van der Waals surface area contributed by atoms with E-state index in [0.717, 1.165) is 30.0 Å². The minimum absolute atomic E-state index is 0.107. The Bertz CT molecular complexity index is 644. The van der Waals surface area contributed by atoms with E-state index in [1.165, 1.54) is 11.3 Å². The number of likely N-dealkylation sites (tertiary alicyclic amines) is 1. The highest BCUT2D eigenvalue weighted by atomic mass is 35.5. The first-order valence-electron chi connectivity index (χ1n) is 8.01. The number of rotatable bonds is 6. The van der Waals surface area contributed by atoms with Gasteiger partial charge in [-0.3, -0.25) is 9.69 Å². The lowest BCUT2D eigenvalue weighted by molar-refractivity contribution is -0.122. The van der Waals surface area contributed by atoms with Crippen molar-refractivity contribution in [3.63, 3.8) is 0 Å². The third-order valence-electron chi connectivity index (χ3n) is 4.21. The van der Waals surface area contributed by atoms with Crippen LogP contribution in [0, 0.1) is 0 Å². The lowest BCUT2D eigenvalue weighted by atomic mass is 10.1. The minimum atomic E-state index is 0.107. The number of carbonyl (C=O) groups is 1. The Morgan fingerprint density at radius 3 is 3.04 bits per heavy atom. The van der Waals surface area contributed by atoms with Crippen LogP contribution in [0.2, 0.25) is 5.02 Å². The molecule has 3 nitrogen and oxygen atoms in total. The molecule has 23 heavy (non-hydrogen) atoms. The Balaban J connectivity index is 1.46. The molecule has 1 aromatic heterocycles. The molecule has 0 aliphatic carbocycles. The third kappa shape index (κ3) is 4.56. The Kier molecular flexibility index (Phi) is 5.70. The van der Waals surface area contributed by atoms with Crippen molar-refractivity contribution in [3.8, 4) is 0 Å². The summed E-state index contributed by atoms with van der Waals surface area (Å²) < 4.78 is 0. The molecule has 0 radical (unpaired) electrons. The van der Waals surface area contributed by atoms with Gasteiger partial charge in [0.15, 0.2) is 0 Å². The largest absolute Gasteiger partial charge is 0.355 e. The molecule has 1 atom stereocenters. The van der Waals surface area contributed by atoms with Crippen molar-refractivity contribution in [2.45, 2.75) is 25.3 Å². The summed E-state index contributed by atoms with van der Waals surface area (Å²) in [4.78, 5) is 15.9. The predicted octanol–water partition coefficient (Wildman–Crippen LogP) is 3.90. The van der Waals surface area contributed by atoms with E-state index >= 15 is 0 Å².